The lowest BCUT2D eigenvalue weighted by molar-refractivity contribution is 0.0745. The zero-order chi connectivity index (χ0) is 20.8. The third kappa shape index (κ3) is 5.18. The molecular formula is C24H32N4O2. The van der Waals surface area contributed by atoms with Crippen LogP contribution in [0, 0.1) is 0 Å². The van der Waals surface area contributed by atoms with Gasteiger partial charge in [-0.1, -0.05) is 12.1 Å². The smallest absolute Gasteiger partial charge is 0.254 e. The molecule has 0 unspecified atom stereocenters. The quantitative estimate of drug-likeness (QED) is 0.761. The van der Waals surface area contributed by atoms with Gasteiger partial charge in [0.25, 0.3) is 5.91 Å². The third-order valence-electron chi connectivity index (χ3n) is 6.38. The van der Waals surface area contributed by atoms with Crippen molar-refractivity contribution in [3.8, 4) is 5.75 Å². The summed E-state index contributed by atoms with van der Waals surface area (Å²) in [6.07, 6.45) is 6.83. The monoisotopic (exact) mass is 408 g/mol. The Morgan fingerprint density at radius 3 is 2.40 bits per heavy atom. The number of ether oxygens (including phenoxy) is 1. The van der Waals surface area contributed by atoms with Crippen LogP contribution in [0.2, 0.25) is 0 Å². The molecular weight excluding hydrogens is 376 g/mol. The highest BCUT2D eigenvalue weighted by atomic mass is 16.5. The minimum atomic E-state index is 0.133. The largest absolute Gasteiger partial charge is 0.497 e. The van der Waals surface area contributed by atoms with Crippen molar-refractivity contribution in [2.45, 2.75) is 31.8 Å². The van der Waals surface area contributed by atoms with Crippen molar-refractivity contribution in [2.75, 3.05) is 46.4 Å². The van der Waals surface area contributed by atoms with Crippen LogP contribution in [0.1, 0.15) is 35.2 Å². The van der Waals surface area contributed by atoms with Crippen molar-refractivity contribution in [1.29, 1.82) is 0 Å². The molecule has 0 N–H and O–H groups in total. The molecule has 6 nitrogen and oxygen atoms in total. The number of nitrogens with zero attached hydrogens (tertiary/aromatic N) is 4. The summed E-state index contributed by atoms with van der Waals surface area (Å²) in [4.78, 5) is 23.9. The molecule has 4 rings (SSSR count). The van der Waals surface area contributed by atoms with Gasteiger partial charge in [-0.05, 0) is 62.2 Å². The predicted octanol–water partition coefficient (Wildman–Crippen LogP) is 2.90. The number of hydrogen-bond acceptors (Lipinski definition) is 5. The van der Waals surface area contributed by atoms with Crippen molar-refractivity contribution in [2.24, 2.45) is 0 Å². The van der Waals surface area contributed by atoms with E-state index in [1.54, 1.807) is 19.5 Å². The molecule has 2 fully saturated rings. The van der Waals surface area contributed by atoms with Crippen LogP contribution in [0.15, 0.2) is 48.8 Å². The van der Waals surface area contributed by atoms with E-state index in [9.17, 15) is 4.79 Å². The van der Waals surface area contributed by atoms with Crippen LogP contribution in [0.5, 0.6) is 5.75 Å². The topological polar surface area (TPSA) is 48.9 Å². The Labute approximate surface area is 179 Å². The van der Waals surface area contributed by atoms with Gasteiger partial charge in [0.15, 0.2) is 0 Å². The van der Waals surface area contributed by atoms with Crippen LogP contribution in [0.25, 0.3) is 0 Å². The Balaban J connectivity index is 1.25. The first kappa shape index (κ1) is 20.8. The van der Waals surface area contributed by atoms with Crippen LogP contribution < -0.4 is 4.74 Å². The van der Waals surface area contributed by atoms with Gasteiger partial charge < -0.3 is 9.64 Å². The molecule has 1 aromatic heterocycles. The van der Waals surface area contributed by atoms with Crippen molar-refractivity contribution in [1.82, 2.24) is 19.7 Å². The Kier molecular flexibility index (Phi) is 6.97. The Morgan fingerprint density at radius 1 is 0.967 bits per heavy atom. The van der Waals surface area contributed by atoms with Gasteiger partial charge in [0.2, 0.25) is 0 Å². The number of rotatable bonds is 5. The Bertz CT molecular complexity index is 804. The number of pyridine rings is 1. The zero-order valence-corrected chi connectivity index (χ0v) is 17.9. The fourth-order valence-corrected chi connectivity index (χ4v) is 4.61. The van der Waals surface area contributed by atoms with Gasteiger partial charge in [-0.25, -0.2) is 0 Å². The van der Waals surface area contributed by atoms with Gasteiger partial charge in [-0.3, -0.25) is 19.6 Å². The van der Waals surface area contributed by atoms with Crippen LogP contribution in [-0.4, -0.2) is 78.0 Å². The first-order valence-electron chi connectivity index (χ1n) is 11.0. The minimum absolute atomic E-state index is 0.133. The lowest BCUT2D eigenvalue weighted by Crippen LogP contribution is -2.46. The van der Waals surface area contributed by atoms with Crippen molar-refractivity contribution < 1.29 is 9.53 Å². The Morgan fingerprint density at radius 2 is 1.70 bits per heavy atom. The van der Waals surface area contributed by atoms with Gasteiger partial charge in [0.1, 0.15) is 5.75 Å². The SMILES string of the molecule is COc1ccc(CN2CCC(N3CCCN(C(=O)c4ccncc4)CC3)CC2)cc1. The molecule has 0 saturated carbocycles. The molecule has 2 saturated heterocycles. The molecule has 0 bridgehead atoms. The maximum atomic E-state index is 12.8. The predicted molar refractivity (Wildman–Crippen MR) is 118 cm³/mol. The summed E-state index contributed by atoms with van der Waals surface area (Å²) in [5, 5.41) is 0. The number of piperidine rings is 1. The van der Waals surface area contributed by atoms with E-state index in [1.165, 1.54) is 18.4 Å². The fraction of sp³-hybridized carbons (Fsp3) is 0.500. The van der Waals surface area contributed by atoms with E-state index in [-0.39, 0.29) is 5.91 Å². The fourth-order valence-electron chi connectivity index (χ4n) is 4.61. The molecule has 6 heteroatoms. The summed E-state index contributed by atoms with van der Waals surface area (Å²) in [7, 11) is 1.71. The van der Waals surface area contributed by atoms with E-state index in [2.05, 4.69) is 26.9 Å². The number of benzene rings is 1. The second kappa shape index (κ2) is 10.0. The molecule has 3 heterocycles. The van der Waals surface area contributed by atoms with Crippen LogP contribution in [-0.2, 0) is 6.54 Å². The van der Waals surface area contributed by atoms with Crippen LogP contribution >= 0.6 is 0 Å². The lowest BCUT2D eigenvalue weighted by atomic mass is 10.0. The summed E-state index contributed by atoms with van der Waals surface area (Å²) in [6.45, 7) is 6.98. The molecule has 0 atom stereocenters. The average molecular weight is 409 g/mol. The molecule has 2 aliphatic heterocycles. The number of aromatic nitrogens is 1. The first-order valence-corrected chi connectivity index (χ1v) is 11.0. The summed E-state index contributed by atoms with van der Waals surface area (Å²) in [6, 6.07) is 12.7. The summed E-state index contributed by atoms with van der Waals surface area (Å²) in [5.74, 6) is 1.05. The van der Waals surface area contributed by atoms with Gasteiger partial charge >= 0.3 is 0 Å². The lowest BCUT2D eigenvalue weighted by Gasteiger charge is -2.38. The third-order valence-corrected chi connectivity index (χ3v) is 6.38. The van der Waals surface area contributed by atoms with E-state index in [1.807, 2.05) is 29.2 Å². The van der Waals surface area contributed by atoms with Crippen molar-refractivity contribution >= 4 is 5.91 Å². The minimum Gasteiger partial charge on any atom is -0.497 e. The normalized spacial score (nSPS) is 19.4. The standard InChI is InChI=1S/C24H32N4O2/c1-30-23-5-3-20(4-6-23)19-26-15-9-22(10-16-26)27-13-2-14-28(18-17-27)24(29)21-7-11-25-12-8-21/h3-8,11-12,22H,2,9-10,13-19H2,1H3. The second-order valence-electron chi connectivity index (χ2n) is 8.27. The van der Waals surface area contributed by atoms with E-state index in [0.29, 0.717) is 6.04 Å². The van der Waals surface area contributed by atoms with E-state index >= 15 is 0 Å². The van der Waals surface area contributed by atoms with E-state index in [0.717, 1.165) is 63.5 Å². The number of carbonyl (C=O) groups excluding carboxylic acids is 1. The zero-order valence-electron chi connectivity index (χ0n) is 17.9. The average Bonchev–Trinajstić information content (AvgIpc) is 3.07. The number of methoxy groups -OCH3 is 1. The number of hydrogen-bond donors (Lipinski definition) is 0. The highest BCUT2D eigenvalue weighted by Crippen LogP contribution is 2.21. The molecule has 1 amide bonds. The molecule has 0 spiro atoms. The summed E-state index contributed by atoms with van der Waals surface area (Å²) < 4.78 is 5.25. The molecule has 2 aliphatic rings. The molecule has 30 heavy (non-hydrogen) atoms. The summed E-state index contributed by atoms with van der Waals surface area (Å²) in [5.41, 5.74) is 2.08. The maximum Gasteiger partial charge on any atom is 0.254 e. The number of amides is 1. The maximum absolute atomic E-state index is 12.8. The summed E-state index contributed by atoms with van der Waals surface area (Å²) >= 11 is 0. The Hall–Kier alpha value is -2.44. The van der Waals surface area contributed by atoms with Crippen molar-refractivity contribution in [3.63, 3.8) is 0 Å². The molecule has 2 aromatic rings. The van der Waals surface area contributed by atoms with E-state index in [4.69, 9.17) is 4.74 Å². The van der Waals surface area contributed by atoms with Crippen LogP contribution in [0.3, 0.4) is 0 Å². The molecule has 0 radical (unpaired) electrons. The second-order valence-corrected chi connectivity index (χ2v) is 8.27. The number of carbonyl (C=O) groups is 1. The van der Waals surface area contributed by atoms with Gasteiger partial charge in [-0.2, -0.15) is 0 Å². The molecule has 1 aromatic carbocycles. The van der Waals surface area contributed by atoms with Gasteiger partial charge in [0.05, 0.1) is 7.11 Å². The first-order chi connectivity index (χ1) is 14.7. The highest BCUT2D eigenvalue weighted by Gasteiger charge is 2.27. The molecule has 160 valence electrons. The van der Waals surface area contributed by atoms with E-state index < -0.39 is 0 Å². The van der Waals surface area contributed by atoms with Gasteiger partial charge in [0, 0.05) is 56.7 Å². The highest BCUT2D eigenvalue weighted by molar-refractivity contribution is 5.94. The van der Waals surface area contributed by atoms with Gasteiger partial charge in [-0.15, -0.1) is 0 Å². The molecule has 0 aliphatic carbocycles. The number of likely N-dealkylation sites (tertiary alicyclic amines) is 1. The van der Waals surface area contributed by atoms with Crippen molar-refractivity contribution in [3.05, 3.63) is 59.9 Å². The van der Waals surface area contributed by atoms with Crippen LogP contribution in [0.4, 0.5) is 0 Å².